The molecule has 2 aromatic carbocycles. The van der Waals surface area contributed by atoms with Crippen LogP contribution in [0.2, 0.25) is 5.02 Å². The molecule has 0 bridgehead atoms. The van der Waals surface area contributed by atoms with Gasteiger partial charge in [0.25, 0.3) is 5.91 Å². The lowest BCUT2D eigenvalue weighted by Crippen LogP contribution is -2.45. The van der Waals surface area contributed by atoms with Crippen LogP contribution >= 0.6 is 11.6 Å². The van der Waals surface area contributed by atoms with Crippen molar-refractivity contribution in [3.05, 3.63) is 70.5 Å². The lowest BCUT2D eigenvalue weighted by Gasteiger charge is -2.25. The summed E-state index contributed by atoms with van der Waals surface area (Å²) in [4.78, 5) is 38.8. The minimum atomic E-state index is -1.31. The predicted molar refractivity (Wildman–Crippen MR) is 107 cm³/mol. The van der Waals surface area contributed by atoms with Crippen LogP contribution in [0, 0.1) is 5.82 Å². The Bertz CT molecular complexity index is 933. The smallest absolute Gasteiger partial charge is 0.325 e. The van der Waals surface area contributed by atoms with E-state index in [1.54, 1.807) is 38.1 Å². The molecule has 0 aliphatic carbocycles. The molecule has 0 radical (unpaired) electrons. The second kappa shape index (κ2) is 8.21. The molecule has 1 saturated heterocycles. The largest absolute Gasteiger partial charge is 0.348 e. The summed E-state index contributed by atoms with van der Waals surface area (Å²) in [7, 11) is 0. The predicted octanol–water partition coefficient (Wildman–Crippen LogP) is 3.51. The van der Waals surface area contributed by atoms with E-state index >= 15 is 0 Å². The maximum Gasteiger partial charge on any atom is 0.325 e. The number of nitrogens with one attached hydrogen (secondary N) is 2. The summed E-state index contributed by atoms with van der Waals surface area (Å²) in [6.45, 7) is 3.13. The van der Waals surface area contributed by atoms with E-state index in [0.29, 0.717) is 10.6 Å². The molecule has 3 rings (SSSR count). The number of hydrogen-bond acceptors (Lipinski definition) is 3. The van der Waals surface area contributed by atoms with Crippen molar-refractivity contribution in [2.24, 2.45) is 0 Å². The van der Waals surface area contributed by atoms with Crippen molar-refractivity contribution >= 4 is 29.4 Å². The molecule has 29 heavy (non-hydrogen) atoms. The fourth-order valence-electron chi connectivity index (χ4n) is 3.41. The molecule has 0 aromatic heterocycles. The Labute approximate surface area is 173 Å². The monoisotopic (exact) mass is 417 g/mol. The minimum absolute atomic E-state index is 0.266. The SMILES string of the molecule is CC[C@@]1(c2ccc(F)cc2)NC(=O)N(CC(=O)N[C@@H](C)c2ccc(Cl)cc2)C1=O. The molecule has 0 unspecified atom stereocenters. The van der Waals surface area contributed by atoms with Crippen molar-refractivity contribution in [2.75, 3.05) is 6.54 Å². The molecular weight excluding hydrogens is 397 g/mol. The molecule has 6 nitrogen and oxygen atoms in total. The number of rotatable bonds is 6. The van der Waals surface area contributed by atoms with Gasteiger partial charge in [0.2, 0.25) is 5.91 Å². The zero-order valence-electron chi connectivity index (χ0n) is 16.0. The molecule has 2 aromatic rings. The number of hydrogen-bond donors (Lipinski definition) is 2. The van der Waals surface area contributed by atoms with Crippen LogP contribution in [-0.2, 0) is 15.1 Å². The van der Waals surface area contributed by atoms with E-state index in [2.05, 4.69) is 10.6 Å². The van der Waals surface area contributed by atoms with Crippen molar-refractivity contribution in [1.29, 1.82) is 0 Å². The van der Waals surface area contributed by atoms with E-state index in [1.807, 2.05) is 0 Å². The third-order valence-corrected chi connectivity index (χ3v) is 5.34. The Hall–Kier alpha value is -2.93. The van der Waals surface area contributed by atoms with Gasteiger partial charge in [-0.15, -0.1) is 0 Å². The average molecular weight is 418 g/mol. The zero-order valence-corrected chi connectivity index (χ0v) is 16.8. The molecule has 8 heteroatoms. The van der Waals surface area contributed by atoms with Gasteiger partial charge >= 0.3 is 6.03 Å². The molecule has 0 saturated carbocycles. The fourth-order valence-corrected chi connectivity index (χ4v) is 3.54. The third kappa shape index (κ3) is 4.10. The standard InChI is InChI=1S/C21H21ClFN3O3/c1-3-21(15-6-10-17(23)11-7-15)19(28)26(20(29)25-21)12-18(27)24-13(2)14-4-8-16(22)9-5-14/h4-11,13H,3,12H2,1-2H3,(H,24,27)(H,25,29)/t13-,21-/m0/s1. The highest BCUT2D eigenvalue weighted by Crippen LogP contribution is 2.32. The Balaban J connectivity index is 1.73. The van der Waals surface area contributed by atoms with Crippen LogP contribution in [0.15, 0.2) is 48.5 Å². The molecular formula is C21H21ClFN3O3. The minimum Gasteiger partial charge on any atom is -0.348 e. The highest BCUT2D eigenvalue weighted by Gasteiger charge is 2.51. The van der Waals surface area contributed by atoms with Crippen molar-refractivity contribution in [3.8, 4) is 0 Å². The quantitative estimate of drug-likeness (QED) is 0.706. The number of imide groups is 1. The molecule has 1 fully saturated rings. The molecule has 1 aliphatic heterocycles. The van der Waals surface area contributed by atoms with Gasteiger partial charge in [0, 0.05) is 5.02 Å². The summed E-state index contributed by atoms with van der Waals surface area (Å²) >= 11 is 5.87. The van der Waals surface area contributed by atoms with Gasteiger partial charge in [-0.1, -0.05) is 42.8 Å². The number of nitrogens with zero attached hydrogens (tertiary/aromatic N) is 1. The second-order valence-corrected chi connectivity index (χ2v) is 7.36. The van der Waals surface area contributed by atoms with E-state index < -0.39 is 35.7 Å². The number of benzene rings is 2. The van der Waals surface area contributed by atoms with E-state index in [-0.39, 0.29) is 12.5 Å². The van der Waals surface area contributed by atoms with Gasteiger partial charge in [0.1, 0.15) is 17.9 Å². The Morgan fingerprint density at radius 3 is 2.38 bits per heavy atom. The highest BCUT2D eigenvalue weighted by atomic mass is 35.5. The van der Waals surface area contributed by atoms with E-state index in [4.69, 9.17) is 11.6 Å². The fraction of sp³-hybridized carbons (Fsp3) is 0.286. The molecule has 2 atom stereocenters. The highest BCUT2D eigenvalue weighted by molar-refractivity contribution is 6.30. The first-order valence-corrected chi connectivity index (χ1v) is 9.59. The lowest BCUT2D eigenvalue weighted by molar-refractivity contribution is -0.135. The first-order valence-electron chi connectivity index (χ1n) is 9.22. The number of carbonyl (C=O) groups excluding carboxylic acids is 3. The van der Waals surface area contributed by atoms with Crippen LogP contribution in [0.25, 0.3) is 0 Å². The summed E-state index contributed by atoms with van der Waals surface area (Å²) in [5, 5.41) is 6.03. The van der Waals surface area contributed by atoms with E-state index in [0.717, 1.165) is 10.5 Å². The summed E-state index contributed by atoms with van der Waals surface area (Å²) in [6.07, 6.45) is 0.266. The Kier molecular flexibility index (Phi) is 5.88. The second-order valence-electron chi connectivity index (χ2n) is 6.93. The van der Waals surface area contributed by atoms with Gasteiger partial charge in [-0.25, -0.2) is 9.18 Å². The molecule has 1 heterocycles. The van der Waals surface area contributed by atoms with Gasteiger partial charge in [-0.3, -0.25) is 14.5 Å². The number of amides is 4. The number of carbonyl (C=O) groups is 3. The van der Waals surface area contributed by atoms with E-state index in [1.165, 1.54) is 24.3 Å². The summed E-state index contributed by atoms with van der Waals surface area (Å²) in [6, 6.07) is 11.4. The molecule has 2 N–H and O–H groups in total. The van der Waals surface area contributed by atoms with Crippen molar-refractivity contribution in [1.82, 2.24) is 15.5 Å². The van der Waals surface area contributed by atoms with Crippen molar-refractivity contribution in [2.45, 2.75) is 31.8 Å². The maximum absolute atomic E-state index is 13.3. The summed E-state index contributed by atoms with van der Waals surface area (Å²) < 4.78 is 13.3. The van der Waals surface area contributed by atoms with Crippen LogP contribution in [-0.4, -0.2) is 29.3 Å². The lowest BCUT2D eigenvalue weighted by atomic mass is 9.87. The topological polar surface area (TPSA) is 78.5 Å². The number of halogens is 2. The normalized spacial score (nSPS) is 19.8. The van der Waals surface area contributed by atoms with Gasteiger partial charge in [-0.2, -0.15) is 0 Å². The van der Waals surface area contributed by atoms with Crippen LogP contribution in [0.3, 0.4) is 0 Å². The van der Waals surface area contributed by atoms with Gasteiger partial charge in [-0.05, 0) is 48.7 Å². The average Bonchev–Trinajstić information content (AvgIpc) is 2.94. The molecule has 4 amide bonds. The first kappa shape index (κ1) is 20.8. The van der Waals surface area contributed by atoms with Crippen LogP contribution in [0.5, 0.6) is 0 Å². The van der Waals surface area contributed by atoms with Crippen molar-refractivity contribution in [3.63, 3.8) is 0 Å². The van der Waals surface area contributed by atoms with Gasteiger partial charge in [0.05, 0.1) is 6.04 Å². The van der Waals surface area contributed by atoms with Crippen LogP contribution in [0.4, 0.5) is 9.18 Å². The maximum atomic E-state index is 13.3. The first-order chi connectivity index (χ1) is 13.8. The van der Waals surface area contributed by atoms with Crippen molar-refractivity contribution < 1.29 is 18.8 Å². The summed E-state index contributed by atoms with van der Waals surface area (Å²) in [5.41, 5.74) is -0.00120. The van der Waals surface area contributed by atoms with Crippen LogP contribution < -0.4 is 10.6 Å². The Morgan fingerprint density at radius 2 is 1.79 bits per heavy atom. The summed E-state index contributed by atoms with van der Waals surface area (Å²) in [5.74, 6) is -1.45. The van der Waals surface area contributed by atoms with Gasteiger partial charge in [0.15, 0.2) is 0 Å². The molecule has 0 spiro atoms. The third-order valence-electron chi connectivity index (χ3n) is 5.09. The number of urea groups is 1. The Morgan fingerprint density at radius 1 is 1.17 bits per heavy atom. The van der Waals surface area contributed by atoms with Crippen LogP contribution in [0.1, 0.15) is 37.4 Å². The molecule has 1 aliphatic rings. The zero-order chi connectivity index (χ0) is 21.2. The molecule has 152 valence electrons. The van der Waals surface area contributed by atoms with Gasteiger partial charge < -0.3 is 10.6 Å². The van der Waals surface area contributed by atoms with E-state index in [9.17, 15) is 18.8 Å².